The highest BCUT2D eigenvalue weighted by Crippen LogP contribution is 2.46. The van der Waals surface area contributed by atoms with Crippen molar-refractivity contribution in [2.75, 3.05) is 13.2 Å². The third kappa shape index (κ3) is 8.35. The summed E-state index contributed by atoms with van der Waals surface area (Å²) < 4.78 is 45.4. The number of pyridine rings is 1. The molecular weight excluding hydrogens is 726 g/mol. The Labute approximate surface area is 314 Å². The van der Waals surface area contributed by atoms with Gasteiger partial charge in [0.1, 0.15) is 35.6 Å². The second-order valence-corrected chi connectivity index (χ2v) is 17.8. The lowest BCUT2D eigenvalue weighted by Crippen LogP contribution is -2.60. The number of hydrogen-bond acceptors (Lipinski definition) is 10. The van der Waals surface area contributed by atoms with Crippen LogP contribution in [0.4, 0.5) is 4.79 Å². The first-order chi connectivity index (χ1) is 25.1. The Bertz CT molecular complexity index is 1890. The Morgan fingerprint density at radius 2 is 1.85 bits per heavy atom. The van der Waals surface area contributed by atoms with Crippen molar-refractivity contribution in [3.63, 3.8) is 0 Å². The molecule has 0 bridgehead atoms. The number of nitrogens with one attached hydrogen (secondary N) is 3. The van der Waals surface area contributed by atoms with Crippen molar-refractivity contribution in [1.82, 2.24) is 25.2 Å². The molecule has 4 fully saturated rings. The number of alkyl carbamates (subject to hydrolysis) is 1. The summed E-state index contributed by atoms with van der Waals surface area (Å²) in [4.78, 5) is 61.4. The number of nitrogens with zero attached hydrogens (tertiary/aromatic N) is 2. The van der Waals surface area contributed by atoms with Crippen LogP contribution in [0.1, 0.15) is 79.1 Å². The second-order valence-electron chi connectivity index (χ2n) is 15.4. The molecule has 0 radical (unpaired) electrons. The molecule has 5 atom stereocenters. The summed E-state index contributed by atoms with van der Waals surface area (Å²) in [6.07, 6.45) is 4.25. The normalized spacial score (nSPS) is 25.0. The van der Waals surface area contributed by atoms with Crippen molar-refractivity contribution in [2.45, 2.75) is 114 Å². The number of aromatic nitrogens is 1. The van der Waals surface area contributed by atoms with Gasteiger partial charge in [-0.2, -0.15) is 0 Å². The first kappa shape index (κ1) is 38.6. The van der Waals surface area contributed by atoms with Gasteiger partial charge in [0.2, 0.25) is 27.7 Å². The van der Waals surface area contributed by atoms with Crippen LogP contribution in [0.3, 0.4) is 0 Å². The van der Waals surface area contributed by atoms with Crippen molar-refractivity contribution in [3.8, 4) is 11.6 Å². The summed E-state index contributed by atoms with van der Waals surface area (Å²) in [5.74, 6) is -1.95. The van der Waals surface area contributed by atoms with E-state index in [9.17, 15) is 27.6 Å². The SMILES string of the molecule is C=CC1C[C@]1(NC(=O)[C@@H]1C[C@@H](Oc2cc(OCC)nc3c(Cl)cccc23)CN1C(=O)[C@@H](NC(=O)OC1CCCC1)C(C)(C)C)C(=O)NS(=O)(=O)C1CC1. The summed E-state index contributed by atoms with van der Waals surface area (Å²) in [6, 6.07) is 4.60. The molecule has 1 aromatic heterocycles. The minimum absolute atomic E-state index is 0.00609. The third-order valence-corrected chi connectivity index (χ3v) is 12.5. The largest absolute Gasteiger partial charge is 0.488 e. The van der Waals surface area contributed by atoms with E-state index in [0.29, 0.717) is 41.1 Å². The smallest absolute Gasteiger partial charge is 0.408 e. The van der Waals surface area contributed by atoms with Crippen molar-refractivity contribution < 1.29 is 41.8 Å². The number of rotatable bonds is 13. The lowest BCUT2D eigenvalue weighted by atomic mass is 9.85. The molecule has 1 saturated heterocycles. The van der Waals surface area contributed by atoms with Crippen LogP contribution < -0.4 is 24.8 Å². The standard InChI is InChI=1S/C37H48ClN5O9S/c1-6-21-19-37(21,34(46)42-53(48,49)24-15-16-24)41-32(44)27-17-23(51-28-18-29(50-7-2)39-30-25(28)13-10-14-26(30)38)20-43(27)33(45)31(36(3,4)5)40-35(47)52-22-11-8-9-12-22/h6,10,13-14,18,21-24,27,31H,1,7-9,11-12,15-17,19-20H2,2-5H3,(H,40,47)(H,41,44)(H,42,46)/t21?,23-,27+,31-,37-/m1/s1. The number of likely N-dealkylation sites (tertiary alicyclic amines) is 1. The van der Waals surface area contributed by atoms with E-state index in [0.717, 1.165) is 25.7 Å². The average Bonchev–Trinajstić information content (AvgIpc) is 3.97. The van der Waals surface area contributed by atoms with Crippen molar-refractivity contribution in [2.24, 2.45) is 11.3 Å². The molecule has 53 heavy (non-hydrogen) atoms. The van der Waals surface area contributed by atoms with Crippen LogP contribution in [0.5, 0.6) is 11.6 Å². The number of amides is 4. The summed E-state index contributed by atoms with van der Waals surface area (Å²) >= 11 is 6.50. The molecule has 3 saturated carbocycles. The van der Waals surface area contributed by atoms with Crippen LogP contribution in [0.25, 0.3) is 10.9 Å². The number of ether oxygens (including phenoxy) is 3. The molecule has 0 spiro atoms. The fraction of sp³-hybridized carbons (Fsp3) is 0.595. The van der Waals surface area contributed by atoms with E-state index in [-0.39, 0.29) is 31.4 Å². The van der Waals surface area contributed by atoms with E-state index >= 15 is 0 Å². The van der Waals surface area contributed by atoms with Crippen LogP contribution >= 0.6 is 11.6 Å². The highest BCUT2D eigenvalue weighted by Gasteiger charge is 2.62. The molecule has 4 aliphatic rings. The highest BCUT2D eigenvalue weighted by molar-refractivity contribution is 7.91. The van der Waals surface area contributed by atoms with Crippen LogP contribution in [-0.2, 0) is 29.1 Å². The van der Waals surface area contributed by atoms with Gasteiger partial charge in [-0.05, 0) is 69.4 Å². The lowest BCUT2D eigenvalue weighted by molar-refractivity contribution is -0.143. The fourth-order valence-electron chi connectivity index (χ4n) is 7.18. The van der Waals surface area contributed by atoms with Gasteiger partial charge in [-0.3, -0.25) is 19.1 Å². The zero-order valence-corrected chi connectivity index (χ0v) is 32.1. The fourth-order valence-corrected chi connectivity index (χ4v) is 8.76. The Balaban J connectivity index is 1.30. The van der Waals surface area contributed by atoms with E-state index in [2.05, 4.69) is 26.9 Å². The Hall–Kier alpha value is -4.11. The summed E-state index contributed by atoms with van der Waals surface area (Å²) in [6.45, 7) is 11.3. The Kier molecular flexibility index (Phi) is 10.9. The molecule has 4 amide bonds. The summed E-state index contributed by atoms with van der Waals surface area (Å²) in [5.41, 5.74) is -1.92. The number of carbonyl (C=O) groups excluding carboxylic acids is 4. The number of benzene rings is 1. The highest BCUT2D eigenvalue weighted by atomic mass is 35.5. The second kappa shape index (κ2) is 15.0. The van der Waals surface area contributed by atoms with Gasteiger partial charge in [0, 0.05) is 23.8 Å². The number of hydrogen-bond donors (Lipinski definition) is 3. The molecule has 14 nitrogen and oxygen atoms in total. The molecular formula is C37H48ClN5O9S. The van der Waals surface area contributed by atoms with Gasteiger partial charge in [0.25, 0.3) is 5.91 Å². The zero-order chi connectivity index (χ0) is 38.3. The molecule has 3 aliphatic carbocycles. The van der Waals surface area contributed by atoms with E-state index in [1.807, 2.05) is 6.92 Å². The van der Waals surface area contributed by atoms with Gasteiger partial charge in [0.15, 0.2) is 0 Å². The summed E-state index contributed by atoms with van der Waals surface area (Å²) in [7, 11) is -3.91. The van der Waals surface area contributed by atoms with Crippen molar-refractivity contribution in [1.29, 1.82) is 0 Å². The number of halogens is 1. The quantitative estimate of drug-likeness (QED) is 0.247. The van der Waals surface area contributed by atoms with Gasteiger partial charge in [0.05, 0.1) is 28.9 Å². The Morgan fingerprint density at radius 3 is 2.47 bits per heavy atom. The van der Waals surface area contributed by atoms with Gasteiger partial charge < -0.3 is 29.7 Å². The van der Waals surface area contributed by atoms with E-state index < -0.39 is 74.1 Å². The maximum atomic E-state index is 14.6. The monoisotopic (exact) mass is 773 g/mol. The third-order valence-electron chi connectivity index (χ3n) is 10.4. The maximum absolute atomic E-state index is 14.6. The van der Waals surface area contributed by atoms with Crippen molar-refractivity contribution >= 4 is 56.3 Å². The first-order valence-corrected chi connectivity index (χ1v) is 20.2. The van der Waals surface area contributed by atoms with Gasteiger partial charge >= 0.3 is 6.09 Å². The molecule has 1 unspecified atom stereocenters. The van der Waals surface area contributed by atoms with Crippen LogP contribution in [-0.4, -0.2) is 90.3 Å². The first-order valence-electron chi connectivity index (χ1n) is 18.2. The molecule has 16 heteroatoms. The van der Waals surface area contributed by atoms with Crippen molar-refractivity contribution in [3.05, 3.63) is 41.9 Å². The average molecular weight is 774 g/mol. The molecule has 3 N–H and O–H groups in total. The van der Waals surface area contributed by atoms with Crippen LogP contribution in [0, 0.1) is 11.3 Å². The van der Waals surface area contributed by atoms with Gasteiger partial charge in [-0.15, -0.1) is 6.58 Å². The predicted molar refractivity (Wildman–Crippen MR) is 197 cm³/mol. The van der Waals surface area contributed by atoms with Gasteiger partial charge in [-0.1, -0.05) is 44.5 Å². The topological polar surface area (TPSA) is 182 Å². The number of carbonyl (C=O) groups is 4. The molecule has 2 heterocycles. The van der Waals surface area contributed by atoms with Gasteiger partial charge in [-0.25, -0.2) is 18.2 Å². The predicted octanol–water partition coefficient (Wildman–Crippen LogP) is 4.39. The molecule has 1 aliphatic heterocycles. The minimum Gasteiger partial charge on any atom is -0.488 e. The number of fused-ring (bicyclic) bond motifs is 1. The lowest BCUT2D eigenvalue weighted by Gasteiger charge is -2.35. The number of para-hydroxylation sites is 1. The van der Waals surface area contributed by atoms with Crippen LogP contribution in [0.15, 0.2) is 36.9 Å². The molecule has 6 rings (SSSR count). The minimum atomic E-state index is -3.91. The zero-order valence-electron chi connectivity index (χ0n) is 30.5. The molecule has 1 aromatic carbocycles. The van der Waals surface area contributed by atoms with E-state index in [4.69, 9.17) is 25.8 Å². The van der Waals surface area contributed by atoms with E-state index in [1.165, 1.54) is 11.0 Å². The Morgan fingerprint density at radius 1 is 1.13 bits per heavy atom. The van der Waals surface area contributed by atoms with Crippen LogP contribution in [0.2, 0.25) is 5.02 Å². The maximum Gasteiger partial charge on any atom is 0.408 e. The molecule has 2 aromatic rings. The summed E-state index contributed by atoms with van der Waals surface area (Å²) in [5, 5.41) is 5.89. The molecule has 288 valence electrons. The van der Waals surface area contributed by atoms with E-state index in [1.54, 1.807) is 45.0 Å². The number of sulfonamides is 1.